The molecule has 1 aromatic rings. The Hall–Kier alpha value is -2.22. The number of hydrogen-bond acceptors (Lipinski definition) is 5. The number of carbonyl (C=O) groups is 2. The van der Waals surface area contributed by atoms with E-state index in [9.17, 15) is 14.7 Å². The Balaban J connectivity index is 0.000000261. The molecular formula is C15H20N2O5. The first kappa shape index (κ1) is 17.8. The summed E-state index contributed by atoms with van der Waals surface area (Å²) in [6, 6.07) is 10.2. The SMILES string of the molecule is N[C@@H]1CN(Cc2ccccc2)C[C@H]1O.O=C(O)/C=C\C(=O)O. The van der Waals surface area contributed by atoms with Crippen molar-refractivity contribution in [2.75, 3.05) is 13.1 Å². The fourth-order valence-corrected chi connectivity index (χ4v) is 2.01. The zero-order valence-electron chi connectivity index (χ0n) is 12.0. The first-order chi connectivity index (χ1) is 10.4. The molecule has 0 spiro atoms. The van der Waals surface area contributed by atoms with Gasteiger partial charge in [-0.2, -0.15) is 0 Å². The smallest absolute Gasteiger partial charge is 0.328 e. The summed E-state index contributed by atoms with van der Waals surface area (Å²) >= 11 is 0. The lowest BCUT2D eigenvalue weighted by Gasteiger charge is -2.14. The molecule has 0 amide bonds. The third-order valence-corrected chi connectivity index (χ3v) is 3.03. The van der Waals surface area contributed by atoms with E-state index in [1.54, 1.807) is 0 Å². The number of carboxylic acid groups (broad SMARTS) is 2. The molecule has 0 aliphatic carbocycles. The number of likely N-dealkylation sites (tertiary alicyclic amines) is 1. The largest absolute Gasteiger partial charge is 0.478 e. The second kappa shape index (κ2) is 8.93. The quantitative estimate of drug-likeness (QED) is 0.573. The maximum atomic E-state index is 9.55. The van der Waals surface area contributed by atoms with E-state index >= 15 is 0 Å². The third kappa shape index (κ3) is 6.98. The summed E-state index contributed by atoms with van der Waals surface area (Å²) in [7, 11) is 0. The molecule has 22 heavy (non-hydrogen) atoms. The topological polar surface area (TPSA) is 124 Å². The molecule has 0 radical (unpaired) electrons. The summed E-state index contributed by atoms with van der Waals surface area (Å²) in [6.45, 7) is 2.36. The minimum Gasteiger partial charge on any atom is -0.478 e. The van der Waals surface area contributed by atoms with Crippen LogP contribution in [0.25, 0.3) is 0 Å². The van der Waals surface area contributed by atoms with Crippen LogP contribution in [0.15, 0.2) is 42.5 Å². The van der Waals surface area contributed by atoms with E-state index in [1.165, 1.54) is 5.56 Å². The van der Waals surface area contributed by atoms with Crippen molar-refractivity contribution in [2.45, 2.75) is 18.7 Å². The van der Waals surface area contributed by atoms with Gasteiger partial charge in [-0.05, 0) is 5.56 Å². The lowest BCUT2D eigenvalue weighted by molar-refractivity contribution is -0.134. The molecular weight excluding hydrogens is 288 g/mol. The number of nitrogens with two attached hydrogens (primary N) is 1. The molecule has 0 bridgehead atoms. The van der Waals surface area contributed by atoms with Gasteiger partial charge in [-0.25, -0.2) is 9.59 Å². The van der Waals surface area contributed by atoms with Gasteiger partial charge >= 0.3 is 11.9 Å². The number of aliphatic hydroxyl groups is 1. The average molecular weight is 308 g/mol. The van der Waals surface area contributed by atoms with Gasteiger partial charge in [0.15, 0.2) is 0 Å². The lowest BCUT2D eigenvalue weighted by Crippen LogP contribution is -2.32. The molecule has 120 valence electrons. The zero-order valence-corrected chi connectivity index (χ0v) is 12.0. The molecule has 2 rings (SSSR count). The minimum absolute atomic E-state index is 0.0845. The Morgan fingerprint density at radius 1 is 1.14 bits per heavy atom. The van der Waals surface area contributed by atoms with Gasteiger partial charge in [0.2, 0.25) is 0 Å². The van der Waals surface area contributed by atoms with Gasteiger partial charge < -0.3 is 21.1 Å². The van der Waals surface area contributed by atoms with Crippen LogP contribution in [0.2, 0.25) is 0 Å². The summed E-state index contributed by atoms with van der Waals surface area (Å²) in [6.07, 6.45) is 0.753. The number of aliphatic hydroxyl groups excluding tert-OH is 1. The molecule has 1 aliphatic rings. The van der Waals surface area contributed by atoms with Crippen LogP contribution in [-0.4, -0.2) is 57.4 Å². The van der Waals surface area contributed by atoms with E-state index in [-0.39, 0.29) is 12.1 Å². The highest BCUT2D eigenvalue weighted by Gasteiger charge is 2.27. The Kier molecular flexibility index (Phi) is 7.24. The van der Waals surface area contributed by atoms with Crippen molar-refractivity contribution in [1.82, 2.24) is 4.90 Å². The van der Waals surface area contributed by atoms with Crippen molar-refractivity contribution in [3.05, 3.63) is 48.0 Å². The van der Waals surface area contributed by atoms with E-state index < -0.39 is 11.9 Å². The molecule has 7 nitrogen and oxygen atoms in total. The van der Waals surface area contributed by atoms with Gasteiger partial charge in [0.05, 0.1) is 6.10 Å². The van der Waals surface area contributed by atoms with Crippen LogP contribution in [0, 0.1) is 0 Å². The molecule has 0 unspecified atom stereocenters. The first-order valence-electron chi connectivity index (χ1n) is 6.72. The second-order valence-electron chi connectivity index (χ2n) is 4.92. The highest BCUT2D eigenvalue weighted by atomic mass is 16.4. The van der Waals surface area contributed by atoms with Gasteiger partial charge in [0.25, 0.3) is 0 Å². The van der Waals surface area contributed by atoms with Crippen molar-refractivity contribution >= 4 is 11.9 Å². The van der Waals surface area contributed by atoms with Crippen LogP contribution >= 0.6 is 0 Å². The van der Waals surface area contributed by atoms with Gasteiger partial charge in [0, 0.05) is 37.8 Å². The summed E-state index contributed by atoms with van der Waals surface area (Å²) in [5.74, 6) is -2.51. The normalized spacial score (nSPS) is 21.4. The fraction of sp³-hybridized carbons (Fsp3) is 0.333. The monoisotopic (exact) mass is 308 g/mol. The summed E-state index contributed by atoms with van der Waals surface area (Å²) in [5, 5.41) is 25.1. The Bertz CT molecular complexity index is 492. The number of aliphatic carboxylic acids is 2. The van der Waals surface area contributed by atoms with Crippen molar-refractivity contribution in [3.63, 3.8) is 0 Å². The lowest BCUT2D eigenvalue weighted by atomic mass is 10.2. The molecule has 0 aromatic heterocycles. The molecule has 1 saturated heterocycles. The average Bonchev–Trinajstić information content (AvgIpc) is 2.77. The zero-order chi connectivity index (χ0) is 16.5. The van der Waals surface area contributed by atoms with Crippen molar-refractivity contribution in [3.8, 4) is 0 Å². The van der Waals surface area contributed by atoms with E-state index in [4.69, 9.17) is 15.9 Å². The van der Waals surface area contributed by atoms with Gasteiger partial charge in [-0.3, -0.25) is 4.90 Å². The maximum absolute atomic E-state index is 9.55. The molecule has 1 fully saturated rings. The summed E-state index contributed by atoms with van der Waals surface area (Å²) < 4.78 is 0. The van der Waals surface area contributed by atoms with Crippen LogP contribution in [0.1, 0.15) is 5.56 Å². The molecule has 0 saturated carbocycles. The van der Waals surface area contributed by atoms with Crippen LogP contribution in [-0.2, 0) is 16.1 Å². The van der Waals surface area contributed by atoms with Crippen molar-refractivity contribution in [1.29, 1.82) is 0 Å². The van der Waals surface area contributed by atoms with Crippen molar-refractivity contribution < 1.29 is 24.9 Å². The summed E-state index contributed by atoms with van der Waals surface area (Å²) in [5.41, 5.74) is 7.00. The minimum atomic E-state index is -1.26. The molecule has 5 N–H and O–H groups in total. The predicted molar refractivity (Wildman–Crippen MR) is 80.1 cm³/mol. The number of carboxylic acids is 2. The van der Waals surface area contributed by atoms with E-state index in [1.807, 2.05) is 18.2 Å². The third-order valence-electron chi connectivity index (χ3n) is 3.03. The van der Waals surface area contributed by atoms with E-state index in [0.717, 1.165) is 13.1 Å². The number of rotatable bonds is 4. The van der Waals surface area contributed by atoms with E-state index in [0.29, 0.717) is 18.7 Å². The molecule has 1 aromatic carbocycles. The fourth-order valence-electron chi connectivity index (χ4n) is 2.01. The van der Waals surface area contributed by atoms with Gasteiger partial charge in [-0.1, -0.05) is 30.3 Å². The Morgan fingerprint density at radius 2 is 1.68 bits per heavy atom. The van der Waals surface area contributed by atoms with Gasteiger partial charge in [-0.15, -0.1) is 0 Å². The second-order valence-corrected chi connectivity index (χ2v) is 4.92. The van der Waals surface area contributed by atoms with Gasteiger partial charge in [0.1, 0.15) is 0 Å². The first-order valence-corrected chi connectivity index (χ1v) is 6.72. The molecule has 1 aliphatic heterocycles. The van der Waals surface area contributed by atoms with E-state index in [2.05, 4.69) is 17.0 Å². The highest BCUT2D eigenvalue weighted by molar-refractivity contribution is 5.89. The predicted octanol–water partition coefficient (Wildman–Crippen LogP) is -0.0978. The number of benzene rings is 1. The number of nitrogens with zero attached hydrogens (tertiary/aromatic N) is 1. The Morgan fingerprint density at radius 3 is 2.09 bits per heavy atom. The number of β-amino-alcohol motifs (C(OH)–C–C–N with tert-alkyl or cyclic N) is 1. The van der Waals surface area contributed by atoms with Crippen LogP contribution < -0.4 is 5.73 Å². The van der Waals surface area contributed by atoms with Crippen LogP contribution in [0.3, 0.4) is 0 Å². The standard InChI is InChI=1S/C11H16N2O.C4H4O4/c12-10-7-13(8-11(10)14)6-9-4-2-1-3-5-9;5-3(6)1-2-4(7)8/h1-5,10-11,14H,6-8,12H2;1-2H,(H,5,6)(H,7,8)/b;2-1-/t10-,11-;/m1./s1. The molecule has 7 heteroatoms. The summed E-state index contributed by atoms with van der Waals surface area (Å²) in [4.78, 5) is 21.3. The van der Waals surface area contributed by atoms with Crippen LogP contribution in [0.5, 0.6) is 0 Å². The van der Waals surface area contributed by atoms with Crippen molar-refractivity contribution in [2.24, 2.45) is 5.73 Å². The van der Waals surface area contributed by atoms with Crippen LogP contribution in [0.4, 0.5) is 0 Å². The molecule has 1 heterocycles. The number of hydrogen-bond donors (Lipinski definition) is 4. The highest BCUT2D eigenvalue weighted by Crippen LogP contribution is 2.12. The maximum Gasteiger partial charge on any atom is 0.328 e. The Labute approximate surface area is 128 Å². The molecule has 2 atom stereocenters.